The fraction of sp³-hybridized carbons (Fsp3) is 0.233. The van der Waals surface area contributed by atoms with Crippen LogP contribution < -0.4 is 9.47 Å². The summed E-state index contributed by atoms with van der Waals surface area (Å²) in [6, 6.07) is 31.1. The van der Waals surface area contributed by atoms with Crippen molar-refractivity contribution in [1.29, 1.82) is 0 Å². The summed E-state index contributed by atoms with van der Waals surface area (Å²) in [4.78, 5) is 4.84. The molecule has 0 radical (unpaired) electrons. The van der Waals surface area contributed by atoms with Crippen molar-refractivity contribution >= 4 is 0 Å². The summed E-state index contributed by atoms with van der Waals surface area (Å²) in [6.45, 7) is 5.36. The van der Waals surface area contributed by atoms with E-state index in [1.165, 1.54) is 16.7 Å². The third-order valence-electron chi connectivity index (χ3n) is 6.67. The number of benzene rings is 3. The molecule has 1 aliphatic rings. The van der Waals surface area contributed by atoms with Gasteiger partial charge in [-0.25, -0.2) is 0 Å². The van der Waals surface area contributed by atoms with Crippen molar-refractivity contribution in [3.8, 4) is 11.8 Å². The highest BCUT2D eigenvalue weighted by Crippen LogP contribution is 2.57. The maximum absolute atomic E-state index is 6.34. The Morgan fingerprint density at radius 2 is 1.30 bits per heavy atom. The van der Waals surface area contributed by atoms with Gasteiger partial charge in [0.05, 0.1) is 0 Å². The minimum Gasteiger partial charge on any atom is -0.473 e. The molecule has 1 saturated carbocycles. The van der Waals surface area contributed by atoms with Crippen molar-refractivity contribution in [2.45, 2.75) is 45.3 Å². The zero-order valence-electron chi connectivity index (χ0n) is 19.3. The average Bonchev–Trinajstić information content (AvgIpc) is 3.66. The lowest BCUT2D eigenvalue weighted by atomic mass is 9.84. The lowest BCUT2D eigenvalue weighted by Crippen LogP contribution is -2.15. The Morgan fingerprint density at radius 3 is 1.94 bits per heavy atom. The van der Waals surface area contributed by atoms with E-state index in [1.54, 1.807) is 0 Å². The third kappa shape index (κ3) is 4.49. The van der Waals surface area contributed by atoms with Gasteiger partial charge < -0.3 is 9.47 Å². The Bertz CT molecular complexity index is 1230. The summed E-state index contributed by atoms with van der Waals surface area (Å²) in [5.74, 6) is 1.25. The summed E-state index contributed by atoms with van der Waals surface area (Å²) in [7, 11) is 0. The Hall–Kier alpha value is -3.59. The summed E-state index contributed by atoms with van der Waals surface area (Å²) >= 11 is 0. The van der Waals surface area contributed by atoms with Gasteiger partial charge in [0.15, 0.2) is 0 Å². The van der Waals surface area contributed by atoms with Gasteiger partial charge in [-0.05, 0) is 60.6 Å². The van der Waals surface area contributed by atoms with Crippen LogP contribution in [0.15, 0.2) is 91.0 Å². The summed E-state index contributed by atoms with van der Waals surface area (Å²) < 4.78 is 12.4. The molecular weight excluding hydrogens is 406 g/mol. The van der Waals surface area contributed by atoms with Gasteiger partial charge in [-0.2, -0.15) is 4.98 Å². The largest absolute Gasteiger partial charge is 0.473 e. The molecule has 0 saturated heterocycles. The minimum atomic E-state index is -0.0346. The molecule has 3 heteroatoms. The van der Waals surface area contributed by atoms with Crippen molar-refractivity contribution in [2.75, 3.05) is 0 Å². The van der Waals surface area contributed by atoms with E-state index >= 15 is 0 Å². The van der Waals surface area contributed by atoms with Crippen LogP contribution in [0.5, 0.6) is 11.8 Å². The maximum Gasteiger partial charge on any atom is 0.221 e. The number of pyridine rings is 1. The highest BCUT2D eigenvalue weighted by molar-refractivity contribution is 5.53. The monoisotopic (exact) mass is 435 g/mol. The summed E-state index contributed by atoms with van der Waals surface area (Å²) in [6.07, 6.45) is 2.20. The Kier molecular flexibility index (Phi) is 5.87. The highest BCUT2D eigenvalue weighted by Gasteiger charge is 2.49. The number of aryl methyl sites for hydroxylation is 1. The molecule has 4 aromatic rings. The van der Waals surface area contributed by atoms with Gasteiger partial charge in [-0.15, -0.1) is 0 Å². The number of aromatic nitrogens is 1. The first kappa shape index (κ1) is 21.3. The van der Waals surface area contributed by atoms with Crippen LogP contribution in [-0.2, 0) is 18.6 Å². The van der Waals surface area contributed by atoms with Gasteiger partial charge in [0.25, 0.3) is 0 Å². The molecule has 0 bridgehead atoms. The first-order valence-electron chi connectivity index (χ1n) is 11.6. The van der Waals surface area contributed by atoms with E-state index in [9.17, 15) is 0 Å². The molecule has 3 aromatic carbocycles. The van der Waals surface area contributed by atoms with Crippen molar-refractivity contribution in [3.63, 3.8) is 0 Å². The molecule has 0 amide bonds. The van der Waals surface area contributed by atoms with E-state index < -0.39 is 0 Å². The van der Waals surface area contributed by atoms with Crippen LogP contribution in [-0.4, -0.2) is 4.98 Å². The van der Waals surface area contributed by atoms with Gasteiger partial charge >= 0.3 is 0 Å². The predicted octanol–water partition coefficient (Wildman–Crippen LogP) is 6.94. The molecule has 33 heavy (non-hydrogen) atoms. The zero-order chi connectivity index (χ0) is 22.7. The topological polar surface area (TPSA) is 31.4 Å². The van der Waals surface area contributed by atoms with E-state index in [0.29, 0.717) is 25.0 Å². The van der Waals surface area contributed by atoms with Gasteiger partial charge in [0.1, 0.15) is 13.2 Å². The van der Waals surface area contributed by atoms with Crippen LogP contribution in [0.3, 0.4) is 0 Å². The fourth-order valence-electron chi connectivity index (χ4n) is 4.51. The molecule has 0 unspecified atom stereocenters. The first-order valence-corrected chi connectivity index (χ1v) is 11.6. The molecular formula is C30H29NO2. The SMILES string of the molecule is Cc1cccc(C2(c3ccc(OCc4ccccc4)nc3OCc3ccccc3)CC2)c1C. The molecule has 1 aliphatic carbocycles. The first-order chi connectivity index (χ1) is 16.2. The second-order valence-electron chi connectivity index (χ2n) is 8.88. The lowest BCUT2D eigenvalue weighted by molar-refractivity contribution is 0.264. The van der Waals surface area contributed by atoms with E-state index in [0.717, 1.165) is 29.5 Å². The minimum absolute atomic E-state index is 0.0346. The van der Waals surface area contributed by atoms with Crippen LogP contribution >= 0.6 is 0 Å². The molecule has 0 atom stereocenters. The Morgan fingerprint density at radius 1 is 0.667 bits per heavy atom. The van der Waals surface area contributed by atoms with Crippen molar-refractivity contribution < 1.29 is 9.47 Å². The Balaban J connectivity index is 1.47. The molecule has 166 valence electrons. The van der Waals surface area contributed by atoms with E-state index in [-0.39, 0.29) is 5.41 Å². The van der Waals surface area contributed by atoms with Crippen molar-refractivity contribution in [1.82, 2.24) is 4.98 Å². The fourth-order valence-corrected chi connectivity index (χ4v) is 4.51. The van der Waals surface area contributed by atoms with Gasteiger partial charge in [-0.1, -0.05) is 78.9 Å². The molecule has 0 N–H and O–H groups in total. The van der Waals surface area contributed by atoms with Crippen molar-refractivity contribution in [2.24, 2.45) is 0 Å². The Labute approximate surface area is 196 Å². The van der Waals surface area contributed by atoms with Crippen LogP contribution in [0.1, 0.15) is 46.2 Å². The zero-order valence-corrected chi connectivity index (χ0v) is 19.3. The van der Waals surface area contributed by atoms with Crippen LogP contribution in [0.4, 0.5) is 0 Å². The maximum atomic E-state index is 6.34. The number of rotatable bonds is 8. The van der Waals surface area contributed by atoms with E-state index in [1.807, 2.05) is 42.5 Å². The standard InChI is InChI=1S/C30H29NO2/c1-22-10-9-15-26(23(22)2)30(18-19-30)27-16-17-28(32-20-24-11-5-3-6-12-24)31-29(27)33-21-25-13-7-4-8-14-25/h3-17H,18-21H2,1-2H3. The third-order valence-corrected chi connectivity index (χ3v) is 6.67. The van der Waals surface area contributed by atoms with Gasteiger partial charge in [0.2, 0.25) is 11.8 Å². The van der Waals surface area contributed by atoms with Crippen LogP contribution in [0.25, 0.3) is 0 Å². The van der Waals surface area contributed by atoms with Crippen LogP contribution in [0, 0.1) is 13.8 Å². The lowest BCUT2D eigenvalue weighted by Gasteiger charge is -2.23. The molecule has 3 nitrogen and oxygen atoms in total. The van der Waals surface area contributed by atoms with Crippen molar-refractivity contribution in [3.05, 3.63) is 124 Å². The normalized spacial score (nSPS) is 14.0. The molecule has 5 rings (SSSR count). The second kappa shape index (κ2) is 9.11. The molecule has 1 heterocycles. The molecule has 1 aromatic heterocycles. The van der Waals surface area contributed by atoms with E-state index in [2.05, 4.69) is 62.4 Å². The second-order valence-corrected chi connectivity index (χ2v) is 8.88. The number of hydrogen-bond donors (Lipinski definition) is 0. The predicted molar refractivity (Wildman–Crippen MR) is 132 cm³/mol. The molecule has 0 spiro atoms. The average molecular weight is 436 g/mol. The molecule has 0 aliphatic heterocycles. The van der Waals surface area contributed by atoms with Gasteiger partial charge in [0, 0.05) is 17.0 Å². The summed E-state index contributed by atoms with van der Waals surface area (Å²) in [5.41, 5.74) is 7.41. The number of ether oxygens (including phenoxy) is 2. The van der Waals surface area contributed by atoms with Crippen LogP contribution in [0.2, 0.25) is 0 Å². The number of hydrogen-bond acceptors (Lipinski definition) is 3. The molecule has 1 fully saturated rings. The van der Waals surface area contributed by atoms with Gasteiger partial charge in [-0.3, -0.25) is 0 Å². The highest BCUT2D eigenvalue weighted by atomic mass is 16.5. The number of nitrogens with zero attached hydrogens (tertiary/aromatic N) is 1. The summed E-state index contributed by atoms with van der Waals surface area (Å²) in [5, 5.41) is 0. The quantitative estimate of drug-likeness (QED) is 0.300. The van der Waals surface area contributed by atoms with E-state index in [4.69, 9.17) is 14.5 Å². The smallest absolute Gasteiger partial charge is 0.221 e.